The molecule has 7 nitrogen and oxygen atoms in total. The third kappa shape index (κ3) is 3.15. The second kappa shape index (κ2) is 6.62. The predicted octanol–water partition coefficient (Wildman–Crippen LogP) is -1.02. The second-order valence-corrected chi connectivity index (χ2v) is 4.03. The van der Waals surface area contributed by atoms with E-state index < -0.39 is 30.8 Å². The van der Waals surface area contributed by atoms with Gasteiger partial charge in [0.1, 0.15) is 19.2 Å². The van der Waals surface area contributed by atoms with Crippen LogP contribution in [0.3, 0.4) is 0 Å². The van der Waals surface area contributed by atoms with E-state index in [0.29, 0.717) is 6.42 Å². The number of hydrogen-bond acceptors (Lipinski definition) is 5. The molecule has 8 heteroatoms. The molecular formula is C10H17FN2O5. The third-order valence-corrected chi connectivity index (χ3v) is 2.83. The first kappa shape index (κ1) is 14.8. The molecule has 3 N–H and O–H groups in total. The summed E-state index contributed by atoms with van der Waals surface area (Å²) in [5, 5.41) is 20.3. The monoisotopic (exact) mass is 264 g/mol. The van der Waals surface area contributed by atoms with Crippen LogP contribution in [0, 0.1) is 0 Å². The van der Waals surface area contributed by atoms with Crippen LogP contribution in [-0.4, -0.2) is 65.8 Å². The molecule has 2 fully saturated rings. The van der Waals surface area contributed by atoms with Crippen molar-refractivity contribution in [2.45, 2.75) is 37.6 Å². The first-order chi connectivity index (χ1) is 8.61. The second-order valence-electron chi connectivity index (χ2n) is 4.03. The molecular weight excluding hydrogens is 247 g/mol. The van der Waals surface area contributed by atoms with Crippen molar-refractivity contribution in [3.8, 4) is 0 Å². The molecule has 0 saturated carbocycles. The Balaban J connectivity index is 0.000000771. The first-order valence-corrected chi connectivity index (χ1v) is 5.56. The van der Waals surface area contributed by atoms with Crippen LogP contribution in [-0.2, 0) is 9.53 Å². The largest absolute Gasteiger partial charge is 0.394 e. The minimum absolute atomic E-state index is 0.0908. The molecule has 0 aromatic rings. The smallest absolute Gasteiger partial charge is 0.321 e. The van der Waals surface area contributed by atoms with Crippen molar-refractivity contribution in [3.63, 3.8) is 0 Å². The molecule has 0 radical (unpaired) electrons. The van der Waals surface area contributed by atoms with E-state index in [0.717, 1.165) is 0 Å². The Hall–Kier alpha value is -1.25. The van der Waals surface area contributed by atoms with E-state index in [9.17, 15) is 14.3 Å². The Morgan fingerprint density at radius 3 is 2.72 bits per heavy atom. The Morgan fingerprint density at radius 2 is 2.22 bits per heavy atom. The molecule has 104 valence electrons. The van der Waals surface area contributed by atoms with Crippen molar-refractivity contribution in [2.24, 2.45) is 0 Å². The molecule has 2 heterocycles. The number of alkyl halides is 1. The lowest BCUT2D eigenvalue weighted by Crippen LogP contribution is -2.56. The van der Waals surface area contributed by atoms with Gasteiger partial charge in [-0.05, 0) is 0 Å². The van der Waals surface area contributed by atoms with Gasteiger partial charge in [-0.1, -0.05) is 0 Å². The van der Waals surface area contributed by atoms with Gasteiger partial charge in [-0.3, -0.25) is 4.90 Å². The van der Waals surface area contributed by atoms with Crippen LogP contribution in [0.1, 0.15) is 12.8 Å². The van der Waals surface area contributed by atoms with E-state index >= 15 is 0 Å². The Kier molecular flexibility index (Phi) is 5.45. The number of halogens is 1. The molecule has 0 aromatic heterocycles. The topological polar surface area (TPSA) is 99.1 Å². The van der Waals surface area contributed by atoms with Gasteiger partial charge in [0.15, 0.2) is 6.23 Å². The molecule has 0 aromatic carbocycles. The van der Waals surface area contributed by atoms with E-state index in [4.69, 9.17) is 14.6 Å². The number of aliphatic hydroxyl groups excluding tert-OH is 2. The Bertz CT molecular complexity index is 293. The zero-order valence-electron chi connectivity index (χ0n) is 9.79. The normalized spacial score (nSPS) is 35.7. The van der Waals surface area contributed by atoms with Crippen LogP contribution in [0.15, 0.2) is 0 Å². The highest BCUT2D eigenvalue weighted by atomic mass is 19.1. The minimum atomic E-state index is -1.29. The summed E-state index contributed by atoms with van der Waals surface area (Å²) in [6.45, 7) is 1.99. The fourth-order valence-corrected chi connectivity index (χ4v) is 2.00. The molecule has 2 saturated heterocycles. The lowest BCUT2D eigenvalue weighted by atomic mass is 10.2. The molecule has 18 heavy (non-hydrogen) atoms. The van der Waals surface area contributed by atoms with E-state index in [-0.39, 0.29) is 19.6 Å². The zero-order chi connectivity index (χ0) is 13.7. The molecule has 4 atom stereocenters. The van der Waals surface area contributed by atoms with Gasteiger partial charge in [0, 0.05) is 19.4 Å². The number of nitrogens with one attached hydrogen (secondary N) is 1. The maximum Gasteiger partial charge on any atom is 0.321 e. The van der Waals surface area contributed by atoms with Crippen LogP contribution < -0.4 is 5.32 Å². The van der Waals surface area contributed by atoms with Crippen LogP contribution in [0.4, 0.5) is 9.18 Å². The van der Waals surface area contributed by atoms with Gasteiger partial charge in [0.25, 0.3) is 0 Å². The SMILES string of the molecule is C=O.O=C1NC(O)CCN1[C@@H]1OC(CO)CC1F. The van der Waals surface area contributed by atoms with Gasteiger partial charge in [0.05, 0.1) is 12.7 Å². The van der Waals surface area contributed by atoms with E-state index in [1.807, 2.05) is 6.79 Å². The summed E-state index contributed by atoms with van der Waals surface area (Å²) in [6, 6.07) is -0.537. The highest BCUT2D eigenvalue weighted by Crippen LogP contribution is 2.27. The first-order valence-electron chi connectivity index (χ1n) is 5.56. The minimum Gasteiger partial charge on any atom is -0.394 e. The van der Waals surface area contributed by atoms with Gasteiger partial charge in [-0.15, -0.1) is 0 Å². The number of hydrogen-bond donors (Lipinski definition) is 3. The van der Waals surface area contributed by atoms with Crippen LogP contribution in [0.25, 0.3) is 0 Å². The predicted molar refractivity (Wildman–Crippen MR) is 58.2 cm³/mol. The lowest BCUT2D eigenvalue weighted by Gasteiger charge is -2.35. The van der Waals surface area contributed by atoms with Gasteiger partial charge >= 0.3 is 6.03 Å². The molecule has 0 bridgehead atoms. The summed E-state index contributed by atoms with van der Waals surface area (Å²) in [5.41, 5.74) is 0. The van der Waals surface area contributed by atoms with Crippen LogP contribution >= 0.6 is 0 Å². The number of amides is 2. The van der Waals surface area contributed by atoms with Gasteiger partial charge < -0.3 is 25.1 Å². The maximum absolute atomic E-state index is 13.6. The fourth-order valence-electron chi connectivity index (χ4n) is 2.00. The van der Waals surface area contributed by atoms with Crippen molar-refractivity contribution in [1.29, 1.82) is 0 Å². The molecule has 2 rings (SSSR count). The summed E-state index contributed by atoms with van der Waals surface area (Å²) in [6.07, 6.45) is -3.26. The van der Waals surface area contributed by atoms with Gasteiger partial charge in [0.2, 0.25) is 0 Å². The summed E-state index contributed by atoms with van der Waals surface area (Å²) in [7, 11) is 0. The molecule has 0 aliphatic carbocycles. The number of carbonyl (C=O) groups is 2. The van der Waals surface area contributed by atoms with Crippen molar-refractivity contribution in [2.75, 3.05) is 13.2 Å². The van der Waals surface area contributed by atoms with Crippen molar-refractivity contribution < 1.29 is 28.9 Å². The molecule has 2 aliphatic rings. The quantitative estimate of drug-likeness (QED) is 0.593. The molecule has 2 amide bonds. The number of carbonyl (C=O) groups excluding carboxylic acids is 2. The maximum atomic E-state index is 13.6. The number of aliphatic hydroxyl groups is 2. The summed E-state index contributed by atoms with van der Waals surface area (Å²) >= 11 is 0. The highest BCUT2D eigenvalue weighted by Gasteiger charge is 2.42. The molecule has 2 aliphatic heterocycles. The Morgan fingerprint density at radius 1 is 1.56 bits per heavy atom. The molecule has 0 spiro atoms. The van der Waals surface area contributed by atoms with Crippen molar-refractivity contribution >= 4 is 12.8 Å². The fraction of sp³-hybridized carbons (Fsp3) is 0.800. The number of urea groups is 1. The lowest BCUT2D eigenvalue weighted by molar-refractivity contribution is -0.0980. The average Bonchev–Trinajstić information content (AvgIpc) is 2.73. The summed E-state index contributed by atoms with van der Waals surface area (Å²) in [5.74, 6) is 0. The zero-order valence-corrected chi connectivity index (χ0v) is 9.79. The van der Waals surface area contributed by atoms with Crippen LogP contribution in [0.2, 0.25) is 0 Å². The van der Waals surface area contributed by atoms with Gasteiger partial charge in [-0.25, -0.2) is 9.18 Å². The highest BCUT2D eigenvalue weighted by molar-refractivity contribution is 5.75. The Labute approximate surface area is 104 Å². The van der Waals surface area contributed by atoms with E-state index in [1.54, 1.807) is 0 Å². The number of rotatable bonds is 2. The standard InChI is InChI=1S/C9H15FN2O4.CH2O/c10-6-3-5(4-13)16-8(6)12-2-1-7(14)11-9(12)15;1-2/h5-8,13-14H,1-4H2,(H,11,15);1H2/t5?,6?,7?,8-;/m1./s1. The molecule has 3 unspecified atom stereocenters. The number of ether oxygens (including phenoxy) is 1. The van der Waals surface area contributed by atoms with E-state index in [1.165, 1.54) is 4.90 Å². The van der Waals surface area contributed by atoms with Crippen molar-refractivity contribution in [3.05, 3.63) is 0 Å². The van der Waals surface area contributed by atoms with Gasteiger partial charge in [-0.2, -0.15) is 0 Å². The number of nitrogens with zero attached hydrogens (tertiary/aromatic N) is 1. The summed E-state index contributed by atoms with van der Waals surface area (Å²) in [4.78, 5) is 20.7. The van der Waals surface area contributed by atoms with Crippen molar-refractivity contribution in [1.82, 2.24) is 10.2 Å². The van der Waals surface area contributed by atoms with E-state index in [2.05, 4.69) is 5.32 Å². The summed E-state index contributed by atoms with van der Waals surface area (Å²) < 4.78 is 18.8. The third-order valence-electron chi connectivity index (χ3n) is 2.83. The van der Waals surface area contributed by atoms with Crippen LogP contribution in [0.5, 0.6) is 0 Å². The average molecular weight is 264 g/mol.